The molecule has 29 heavy (non-hydrogen) atoms. The van der Waals surface area contributed by atoms with Crippen LogP contribution in [0.3, 0.4) is 0 Å². The Labute approximate surface area is 173 Å². The molecule has 0 aliphatic rings. The van der Waals surface area contributed by atoms with Gasteiger partial charge in [0, 0.05) is 27.9 Å². The summed E-state index contributed by atoms with van der Waals surface area (Å²) in [5.74, 6) is -0.468. The average molecular weight is 411 g/mol. The molecular weight excluding hydrogens is 388 g/mol. The minimum Gasteiger partial charge on any atom is -0.478 e. The first-order valence-electron chi connectivity index (χ1n) is 9.74. The number of fused-ring (bicyclic) bond motifs is 2. The summed E-state index contributed by atoms with van der Waals surface area (Å²) in [4.78, 5) is 11.4. The third-order valence-corrected chi connectivity index (χ3v) is 5.26. The topological polar surface area (TPSA) is 72.9 Å². The molecule has 7 heteroatoms. The van der Waals surface area contributed by atoms with Crippen molar-refractivity contribution in [3.8, 4) is 0 Å². The Hall–Kier alpha value is -2.86. The van der Waals surface area contributed by atoms with Gasteiger partial charge in [-0.25, -0.2) is 4.79 Å². The Morgan fingerprint density at radius 3 is 2.69 bits per heavy atom. The maximum absolute atomic E-state index is 11.4. The summed E-state index contributed by atoms with van der Waals surface area (Å²) in [6.45, 7) is 7.70. The highest BCUT2D eigenvalue weighted by Crippen LogP contribution is 2.28. The molecule has 0 saturated heterocycles. The van der Waals surface area contributed by atoms with E-state index < -0.39 is 5.97 Å². The highest BCUT2D eigenvalue weighted by atomic mass is 35.5. The fraction of sp³-hybridized carbons (Fsp3) is 0.318. The van der Waals surface area contributed by atoms with Crippen molar-refractivity contribution in [1.29, 1.82) is 0 Å². The Bertz CT molecular complexity index is 1220. The van der Waals surface area contributed by atoms with Crippen LogP contribution in [-0.4, -0.2) is 30.6 Å². The number of aromatic carboxylic acids is 1. The van der Waals surface area contributed by atoms with E-state index in [-0.39, 0.29) is 5.56 Å². The van der Waals surface area contributed by atoms with E-state index in [9.17, 15) is 9.90 Å². The average Bonchev–Trinajstić information content (AvgIpc) is 3.22. The molecule has 6 nitrogen and oxygen atoms in total. The van der Waals surface area contributed by atoms with Crippen LogP contribution in [0.4, 0.5) is 0 Å². The molecule has 0 unspecified atom stereocenters. The van der Waals surface area contributed by atoms with Gasteiger partial charge in [0.15, 0.2) is 0 Å². The maximum Gasteiger partial charge on any atom is 0.335 e. The van der Waals surface area contributed by atoms with Crippen molar-refractivity contribution in [3.63, 3.8) is 0 Å². The van der Waals surface area contributed by atoms with Crippen LogP contribution in [0.15, 0.2) is 36.5 Å². The number of carboxylic acid groups (broad SMARTS) is 1. The van der Waals surface area contributed by atoms with Crippen molar-refractivity contribution in [1.82, 2.24) is 19.6 Å². The number of benzene rings is 2. The Kier molecular flexibility index (Phi) is 5.04. The van der Waals surface area contributed by atoms with Gasteiger partial charge in [-0.2, -0.15) is 10.2 Å². The van der Waals surface area contributed by atoms with Crippen molar-refractivity contribution in [2.24, 2.45) is 5.92 Å². The lowest BCUT2D eigenvalue weighted by atomic mass is 10.1. The maximum atomic E-state index is 11.4. The van der Waals surface area contributed by atoms with Gasteiger partial charge in [0.1, 0.15) is 0 Å². The van der Waals surface area contributed by atoms with Crippen molar-refractivity contribution >= 4 is 39.4 Å². The molecule has 0 fully saturated rings. The molecule has 0 atom stereocenters. The molecule has 2 aromatic carbocycles. The molecular formula is C22H23ClN4O2. The zero-order chi connectivity index (χ0) is 20.7. The number of hydrogen-bond donors (Lipinski definition) is 1. The van der Waals surface area contributed by atoms with E-state index in [1.165, 1.54) is 0 Å². The largest absolute Gasteiger partial charge is 0.478 e. The predicted molar refractivity (Wildman–Crippen MR) is 115 cm³/mol. The van der Waals surface area contributed by atoms with Crippen LogP contribution in [0.25, 0.3) is 21.8 Å². The van der Waals surface area contributed by atoms with Gasteiger partial charge in [-0.3, -0.25) is 9.36 Å². The van der Waals surface area contributed by atoms with Gasteiger partial charge >= 0.3 is 5.97 Å². The van der Waals surface area contributed by atoms with Gasteiger partial charge in [0.2, 0.25) is 0 Å². The van der Waals surface area contributed by atoms with Crippen LogP contribution in [-0.2, 0) is 19.5 Å². The number of hydrogen-bond acceptors (Lipinski definition) is 3. The molecule has 2 heterocycles. The van der Waals surface area contributed by atoms with Crippen LogP contribution < -0.4 is 0 Å². The van der Waals surface area contributed by atoms with Crippen LogP contribution in [0.2, 0.25) is 5.02 Å². The second-order valence-corrected chi connectivity index (χ2v) is 8.15. The molecule has 0 aliphatic carbocycles. The molecule has 150 valence electrons. The van der Waals surface area contributed by atoms with Crippen molar-refractivity contribution in [2.45, 2.75) is 40.3 Å². The first-order valence-corrected chi connectivity index (χ1v) is 10.1. The van der Waals surface area contributed by atoms with E-state index in [0.29, 0.717) is 17.5 Å². The van der Waals surface area contributed by atoms with E-state index in [4.69, 9.17) is 16.7 Å². The molecule has 0 aliphatic heterocycles. The van der Waals surface area contributed by atoms with Crippen molar-refractivity contribution in [3.05, 3.63) is 58.4 Å². The zero-order valence-corrected chi connectivity index (χ0v) is 17.4. The lowest BCUT2D eigenvalue weighted by Crippen LogP contribution is -2.09. The summed E-state index contributed by atoms with van der Waals surface area (Å²) in [6.07, 6.45) is 2.58. The molecule has 0 radical (unpaired) electrons. The van der Waals surface area contributed by atoms with E-state index in [0.717, 1.165) is 46.0 Å². The van der Waals surface area contributed by atoms with Gasteiger partial charge < -0.3 is 5.11 Å². The van der Waals surface area contributed by atoms with Gasteiger partial charge in [0.25, 0.3) is 0 Å². The van der Waals surface area contributed by atoms with Crippen molar-refractivity contribution in [2.75, 3.05) is 0 Å². The smallest absolute Gasteiger partial charge is 0.335 e. The number of nitrogens with zero attached hydrogens (tertiary/aromatic N) is 4. The van der Waals surface area contributed by atoms with Gasteiger partial charge in [-0.05, 0) is 42.7 Å². The van der Waals surface area contributed by atoms with Crippen molar-refractivity contribution < 1.29 is 9.90 Å². The number of aromatic nitrogens is 4. The fourth-order valence-electron chi connectivity index (χ4n) is 3.81. The summed E-state index contributed by atoms with van der Waals surface area (Å²) in [7, 11) is 0. The first kappa shape index (κ1) is 19.5. The monoisotopic (exact) mass is 410 g/mol. The van der Waals surface area contributed by atoms with Gasteiger partial charge in [-0.1, -0.05) is 32.4 Å². The van der Waals surface area contributed by atoms with E-state index in [1.807, 2.05) is 40.7 Å². The number of rotatable bonds is 6. The third kappa shape index (κ3) is 3.60. The quantitative estimate of drug-likeness (QED) is 0.485. The molecule has 0 spiro atoms. The summed E-state index contributed by atoms with van der Waals surface area (Å²) in [5.41, 5.74) is 4.17. The molecule has 0 bridgehead atoms. The van der Waals surface area contributed by atoms with E-state index >= 15 is 0 Å². The number of carbonyl (C=O) groups is 1. The second kappa shape index (κ2) is 7.52. The first-order chi connectivity index (χ1) is 13.9. The molecule has 4 aromatic rings. The zero-order valence-electron chi connectivity index (χ0n) is 16.7. The minimum atomic E-state index is -0.934. The highest BCUT2D eigenvalue weighted by Gasteiger charge is 2.16. The van der Waals surface area contributed by atoms with E-state index in [1.54, 1.807) is 12.1 Å². The summed E-state index contributed by atoms with van der Waals surface area (Å²) >= 11 is 6.38. The Morgan fingerprint density at radius 1 is 1.21 bits per heavy atom. The minimum absolute atomic E-state index is 0.270. The number of carboxylic acids is 1. The third-order valence-electron chi connectivity index (χ3n) is 5.04. The summed E-state index contributed by atoms with van der Waals surface area (Å²) < 4.78 is 3.96. The number of halogens is 1. The SMILES string of the molecule is CCc1nn(Cc2cc(Cl)cc3cnn(CC(C)C)c23)c2ccc(C(=O)O)cc12. The van der Waals surface area contributed by atoms with Gasteiger partial charge in [0.05, 0.1) is 35.0 Å². The Morgan fingerprint density at radius 2 is 2.00 bits per heavy atom. The molecule has 1 N–H and O–H groups in total. The summed E-state index contributed by atoms with van der Waals surface area (Å²) in [5, 5.41) is 21.2. The fourth-order valence-corrected chi connectivity index (χ4v) is 4.06. The van der Waals surface area contributed by atoms with Crippen LogP contribution in [0.1, 0.15) is 42.4 Å². The highest BCUT2D eigenvalue weighted by molar-refractivity contribution is 6.31. The van der Waals surface area contributed by atoms with Crippen LogP contribution >= 0.6 is 11.6 Å². The lowest BCUT2D eigenvalue weighted by molar-refractivity contribution is 0.0697. The Balaban J connectivity index is 1.85. The van der Waals surface area contributed by atoms with Crippen LogP contribution in [0.5, 0.6) is 0 Å². The lowest BCUT2D eigenvalue weighted by Gasteiger charge is -2.12. The molecule has 0 amide bonds. The standard InChI is InChI=1S/C22H23ClN4O2/c1-4-19-18-9-14(22(28)29)5-6-20(18)26(25-19)12-16-8-17(23)7-15-10-24-27(21(15)16)11-13(2)3/h5-10,13H,4,11-12H2,1-3H3,(H,28,29). The second-order valence-electron chi connectivity index (χ2n) is 7.72. The van der Waals surface area contributed by atoms with Gasteiger partial charge in [-0.15, -0.1) is 0 Å². The van der Waals surface area contributed by atoms with Crippen LogP contribution in [0, 0.1) is 5.92 Å². The number of aryl methyl sites for hydroxylation is 1. The predicted octanol–water partition coefficient (Wildman–Crippen LogP) is 5.00. The molecule has 4 rings (SSSR count). The molecule has 2 aromatic heterocycles. The summed E-state index contributed by atoms with van der Waals surface area (Å²) in [6, 6.07) is 9.06. The molecule has 0 saturated carbocycles. The normalized spacial score (nSPS) is 11.8. The van der Waals surface area contributed by atoms with E-state index in [2.05, 4.69) is 18.9 Å².